The normalized spacial score (nSPS) is 41.4. The third-order valence-electron chi connectivity index (χ3n) is 6.26. The zero-order chi connectivity index (χ0) is 14.4. The minimum absolute atomic E-state index is 0.0672. The number of nitrogens with zero attached hydrogens (tertiary/aromatic N) is 1. The van der Waals surface area contributed by atoms with E-state index < -0.39 is 0 Å². The molecule has 3 fully saturated rings. The molecule has 0 radical (unpaired) electrons. The highest BCUT2D eigenvalue weighted by atomic mass is 16.5. The predicted octanol–water partition coefficient (Wildman–Crippen LogP) is 1.49. The number of hydrogen-bond donors (Lipinski definition) is 1. The van der Waals surface area contributed by atoms with Crippen molar-refractivity contribution in [2.45, 2.75) is 44.8 Å². The summed E-state index contributed by atoms with van der Waals surface area (Å²) < 4.78 is 11.2. The molecule has 3 atom stereocenters. The Balaban J connectivity index is 1.58. The van der Waals surface area contributed by atoms with E-state index in [2.05, 4.69) is 18.7 Å². The number of likely N-dealkylation sites (tertiary alicyclic amines) is 1. The maximum Gasteiger partial charge on any atom is 0.0691 e. The molecule has 2 heterocycles. The smallest absolute Gasteiger partial charge is 0.0691 e. The van der Waals surface area contributed by atoms with Crippen LogP contribution in [0.1, 0.15) is 33.1 Å². The van der Waals surface area contributed by atoms with Crippen LogP contribution in [0.2, 0.25) is 0 Å². The van der Waals surface area contributed by atoms with Gasteiger partial charge in [0.2, 0.25) is 0 Å². The highest BCUT2D eigenvalue weighted by molar-refractivity contribution is 5.21. The van der Waals surface area contributed by atoms with Crippen LogP contribution in [0.15, 0.2) is 0 Å². The van der Waals surface area contributed by atoms with Crippen LogP contribution in [-0.2, 0) is 9.47 Å². The van der Waals surface area contributed by atoms with Gasteiger partial charge >= 0.3 is 0 Å². The van der Waals surface area contributed by atoms with E-state index in [-0.39, 0.29) is 11.0 Å². The number of nitrogens with two attached hydrogens (primary N) is 1. The number of piperidine rings is 1. The molecule has 2 N–H and O–H groups in total. The first kappa shape index (κ1) is 14.8. The highest BCUT2D eigenvalue weighted by Gasteiger charge is 2.67. The number of methoxy groups -OCH3 is 1. The fraction of sp³-hybridized carbons (Fsp3) is 1.00. The summed E-state index contributed by atoms with van der Waals surface area (Å²) in [6.07, 6.45) is 4.02. The molecule has 1 saturated carbocycles. The second kappa shape index (κ2) is 5.24. The summed E-state index contributed by atoms with van der Waals surface area (Å²) in [5, 5.41) is 0. The van der Waals surface area contributed by atoms with Gasteiger partial charge in [0.25, 0.3) is 0 Å². The highest BCUT2D eigenvalue weighted by Crippen LogP contribution is 2.58. The maximum absolute atomic E-state index is 6.84. The van der Waals surface area contributed by atoms with Gasteiger partial charge in [-0.1, -0.05) is 13.8 Å². The second-order valence-corrected chi connectivity index (χ2v) is 7.62. The maximum atomic E-state index is 6.84. The lowest BCUT2D eigenvalue weighted by Crippen LogP contribution is -2.78. The molecule has 2 aliphatic heterocycles. The van der Waals surface area contributed by atoms with Crippen molar-refractivity contribution in [2.24, 2.45) is 23.0 Å². The van der Waals surface area contributed by atoms with Crippen LogP contribution in [0.25, 0.3) is 0 Å². The molecule has 0 aromatic carbocycles. The van der Waals surface area contributed by atoms with E-state index >= 15 is 0 Å². The summed E-state index contributed by atoms with van der Waals surface area (Å²) in [5.41, 5.74) is 6.89. The Bertz CT molecular complexity index is 352. The molecule has 3 unspecified atom stereocenters. The number of ether oxygens (including phenoxy) is 2. The van der Waals surface area contributed by atoms with Gasteiger partial charge in [-0.15, -0.1) is 0 Å². The molecular formula is C16H30N2O2. The minimum Gasteiger partial charge on any atom is -0.384 e. The van der Waals surface area contributed by atoms with Crippen molar-refractivity contribution in [3.63, 3.8) is 0 Å². The topological polar surface area (TPSA) is 47.7 Å². The van der Waals surface area contributed by atoms with Crippen LogP contribution in [0.5, 0.6) is 0 Å². The average Bonchev–Trinajstić information content (AvgIpc) is 2.90. The third-order valence-corrected chi connectivity index (χ3v) is 6.26. The van der Waals surface area contributed by atoms with Crippen LogP contribution in [0.4, 0.5) is 0 Å². The average molecular weight is 282 g/mol. The minimum atomic E-state index is -0.0672. The lowest BCUT2D eigenvalue weighted by atomic mass is 9.48. The van der Waals surface area contributed by atoms with Gasteiger partial charge < -0.3 is 20.1 Å². The van der Waals surface area contributed by atoms with E-state index in [1.807, 2.05) is 0 Å². The molecule has 0 spiro atoms. The molecule has 20 heavy (non-hydrogen) atoms. The Morgan fingerprint density at radius 3 is 2.60 bits per heavy atom. The van der Waals surface area contributed by atoms with Crippen molar-refractivity contribution in [1.29, 1.82) is 0 Å². The molecule has 4 heteroatoms. The summed E-state index contributed by atoms with van der Waals surface area (Å²) in [5.74, 6) is 1.30. The zero-order valence-electron chi connectivity index (χ0n) is 13.2. The Labute approximate surface area is 123 Å². The first-order valence-corrected chi connectivity index (χ1v) is 8.11. The van der Waals surface area contributed by atoms with E-state index in [1.165, 1.54) is 25.9 Å². The van der Waals surface area contributed by atoms with Crippen LogP contribution in [0, 0.1) is 17.3 Å². The van der Waals surface area contributed by atoms with Gasteiger partial charge in [-0.2, -0.15) is 0 Å². The molecule has 3 rings (SSSR count). The molecule has 1 aliphatic carbocycles. The van der Waals surface area contributed by atoms with Gasteiger partial charge in [0, 0.05) is 43.7 Å². The Morgan fingerprint density at radius 2 is 1.95 bits per heavy atom. The standard InChI is InChI=1S/C16H30N2O2/c1-15(2)14-13(6-9-20-14)16(15,17)11-18-7-4-12(5-8-18)10-19-3/h12-14H,4-11,17H2,1-3H3. The predicted molar refractivity (Wildman–Crippen MR) is 79.6 cm³/mol. The Kier molecular flexibility index (Phi) is 3.87. The fourth-order valence-corrected chi connectivity index (χ4v) is 4.71. The lowest BCUT2D eigenvalue weighted by molar-refractivity contribution is -0.164. The summed E-state index contributed by atoms with van der Waals surface area (Å²) in [7, 11) is 1.80. The molecule has 116 valence electrons. The molecule has 3 aliphatic rings. The zero-order valence-corrected chi connectivity index (χ0v) is 13.2. The van der Waals surface area contributed by atoms with Gasteiger partial charge in [-0.3, -0.25) is 0 Å². The summed E-state index contributed by atoms with van der Waals surface area (Å²) >= 11 is 0. The van der Waals surface area contributed by atoms with E-state index in [4.69, 9.17) is 15.2 Å². The molecule has 0 aromatic rings. The SMILES string of the molecule is COCC1CCN(CC2(N)C3CCOC3C2(C)C)CC1. The van der Waals surface area contributed by atoms with Crippen molar-refractivity contribution >= 4 is 0 Å². The van der Waals surface area contributed by atoms with E-state index in [1.54, 1.807) is 7.11 Å². The van der Waals surface area contributed by atoms with Crippen LogP contribution < -0.4 is 5.73 Å². The van der Waals surface area contributed by atoms with Crippen LogP contribution in [-0.4, -0.2) is 56.5 Å². The lowest BCUT2D eigenvalue weighted by Gasteiger charge is -2.63. The van der Waals surface area contributed by atoms with Gasteiger partial charge in [-0.05, 0) is 38.3 Å². The van der Waals surface area contributed by atoms with Crippen molar-refractivity contribution < 1.29 is 9.47 Å². The van der Waals surface area contributed by atoms with Crippen LogP contribution in [0.3, 0.4) is 0 Å². The quantitative estimate of drug-likeness (QED) is 0.848. The number of hydrogen-bond acceptors (Lipinski definition) is 4. The largest absolute Gasteiger partial charge is 0.384 e. The van der Waals surface area contributed by atoms with Gasteiger partial charge in [0.1, 0.15) is 0 Å². The van der Waals surface area contributed by atoms with Gasteiger partial charge in [-0.25, -0.2) is 0 Å². The summed E-state index contributed by atoms with van der Waals surface area (Å²) in [6, 6.07) is 0. The molecule has 2 saturated heterocycles. The molecule has 0 aromatic heterocycles. The molecule has 0 amide bonds. The second-order valence-electron chi connectivity index (χ2n) is 7.62. The van der Waals surface area contributed by atoms with E-state index in [0.29, 0.717) is 12.0 Å². The fourth-order valence-electron chi connectivity index (χ4n) is 4.71. The molecule has 0 bridgehead atoms. The van der Waals surface area contributed by atoms with E-state index in [0.717, 1.165) is 32.1 Å². The van der Waals surface area contributed by atoms with Crippen molar-refractivity contribution in [3.05, 3.63) is 0 Å². The number of fused-ring (bicyclic) bond motifs is 1. The number of rotatable bonds is 4. The summed E-state index contributed by atoms with van der Waals surface area (Å²) in [4.78, 5) is 2.57. The first-order chi connectivity index (χ1) is 9.49. The third kappa shape index (κ3) is 2.12. The summed E-state index contributed by atoms with van der Waals surface area (Å²) in [6.45, 7) is 9.75. The molecule has 4 nitrogen and oxygen atoms in total. The van der Waals surface area contributed by atoms with Crippen molar-refractivity contribution in [3.8, 4) is 0 Å². The first-order valence-electron chi connectivity index (χ1n) is 8.11. The Hall–Kier alpha value is -0.160. The van der Waals surface area contributed by atoms with Crippen LogP contribution >= 0.6 is 0 Å². The van der Waals surface area contributed by atoms with E-state index in [9.17, 15) is 0 Å². The monoisotopic (exact) mass is 282 g/mol. The van der Waals surface area contributed by atoms with Gasteiger partial charge in [0.15, 0.2) is 0 Å². The Morgan fingerprint density at radius 1 is 1.25 bits per heavy atom. The van der Waals surface area contributed by atoms with Crippen molar-refractivity contribution in [1.82, 2.24) is 4.90 Å². The molecular weight excluding hydrogens is 252 g/mol. The van der Waals surface area contributed by atoms with Crippen molar-refractivity contribution in [2.75, 3.05) is 40.0 Å². The van der Waals surface area contributed by atoms with Gasteiger partial charge in [0.05, 0.1) is 6.10 Å².